The van der Waals surface area contributed by atoms with Crippen molar-refractivity contribution in [3.05, 3.63) is 47.5 Å². The van der Waals surface area contributed by atoms with E-state index in [1.807, 2.05) is 6.92 Å². The lowest BCUT2D eigenvalue weighted by atomic mass is 10.1. The second-order valence-corrected chi connectivity index (χ2v) is 3.67. The molecule has 0 radical (unpaired) electrons. The van der Waals surface area contributed by atoms with Crippen LogP contribution in [-0.2, 0) is 0 Å². The third-order valence-corrected chi connectivity index (χ3v) is 2.36. The number of hydrogen-bond acceptors (Lipinski definition) is 1. The molecule has 0 aliphatic heterocycles. The van der Waals surface area contributed by atoms with Gasteiger partial charge in [0.25, 0.3) is 0 Å². The van der Waals surface area contributed by atoms with Crippen LogP contribution >= 0.6 is 0 Å². The highest BCUT2D eigenvalue weighted by Crippen LogP contribution is 2.27. The molecular weight excluding hydrogens is 210 g/mol. The highest BCUT2D eigenvalue weighted by atomic mass is 19.2. The van der Waals surface area contributed by atoms with Gasteiger partial charge in [0.1, 0.15) is 11.9 Å². The summed E-state index contributed by atoms with van der Waals surface area (Å²) in [6.45, 7) is 1.90. The predicted molar refractivity (Wildman–Crippen MR) is 60.2 cm³/mol. The van der Waals surface area contributed by atoms with Gasteiger partial charge >= 0.3 is 0 Å². The summed E-state index contributed by atoms with van der Waals surface area (Å²) in [5, 5.41) is 9.59. The second-order valence-electron chi connectivity index (χ2n) is 3.67. The number of hydrogen-bond donors (Lipinski definition) is 1. The minimum Gasteiger partial charge on any atom is -0.381 e. The van der Waals surface area contributed by atoms with Crippen LogP contribution in [0.2, 0.25) is 0 Å². The van der Waals surface area contributed by atoms with Crippen LogP contribution in [0.15, 0.2) is 42.0 Å². The number of unbranched alkanes of at least 4 members (excludes halogenated alkanes) is 1. The van der Waals surface area contributed by atoms with Crippen molar-refractivity contribution in [2.24, 2.45) is 0 Å². The van der Waals surface area contributed by atoms with E-state index >= 15 is 0 Å². The first-order valence-electron chi connectivity index (χ1n) is 5.43. The molecule has 0 aromatic heterocycles. The lowest BCUT2D eigenvalue weighted by Gasteiger charge is -2.09. The molecule has 0 aliphatic carbocycles. The Morgan fingerprint density at radius 1 is 1.25 bits per heavy atom. The van der Waals surface area contributed by atoms with Crippen molar-refractivity contribution in [3.8, 4) is 0 Å². The molecule has 1 rings (SSSR count). The van der Waals surface area contributed by atoms with Gasteiger partial charge in [0, 0.05) is 6.42 Å². The van der Waals surface area contributed by atoms with Crippen LogP contribution in [0.1, 0.15) is 37.9 Å². The average Bonchev–Trinajstić information content (AvgIpc) is 2.35. The van der Waals surface area contributed by atoms with Crippen molar-refractivity contribution >= 4 is 0 Å². The summed E-state index contributed by atoms with van der Waals surface area (Å²) in [5.74, 6) is -1.92. The highest BCUT2D eigenvalue weighted by molar-refractivity contribution is 5.24. The van der Waals surface area contributed by atoms with Crippen LogP contribution in [0.5, 0.6) is 0 Å². The van der Waals surface area contributed by atoms with E-state index in [1.165, 1.54) is 0 Å². The Balaban J connectivity index is 2.77. The maximum absolute atomic E-state index is 13.5. The zero-order valence-corrected chi connectivity index (χ0v) is 9.29. The fraction of sp³-hybridized carbons (Fsp3) is 0.385. The molecule has 0 spiro atoms. The van der Waals surface area contributed by atoms with Crippen molar-refractivity contribution in [3.63, 3.8) is 0 Å². The van der Waals surface area contributed by atoms with Gasteiger partial charge in [-0.05, 0) is 12.0 Å². The summed E-state index contributed by atoms with van der Waals surface area (Å²) in [6.07, 6.45) is -0.0622. The molecule has 88 valence electrons. The molecule has 16 heavy (non-hydrogen) atoms. The Morgan fingerprint density at radius 3 is 2.44 bits per heavy atom. The molecule has 1 aromatic carbocycles. The SMILES string of the molecule is CCCC/C(F)=C(\F)C(O)c1ccccc1. The summed E-state index contributed by atoms with van der Waals surface area (Å²) in [4.78, 5) is 0. The Morgan fingerprint density at radius 2 is 1.88 bits per heavy atom. The van der Waals surface area contributed by atoms with E-state index in [1.54, 1.807) is 30.3 Å². The first-order chi connectivity index (χ1) is 7.66. The lowest BCUT2D eigenvalue weighted by molar-refractivity contribution is 0.178. The Kier molecular flexibility index (Phi) is 5.12. The third kappa shape index (κ3) is 3.42. The summed E-state index contributed by atoms with van der Waals surface area (Å²) in [7, 11) is 0. The Labute approximate surface area is 94.4 Å². The van der Waals surface area contributed by atoms with Crippen LogP contribution in [0.3, 0.4) is 0 Å². The fourth-order valence-corrected chi connectivity index (χ4v) is 1.38. The van der Waals surface area contributed by atoms with Gasteiger partial charge in [-0.2, -0.15) is 0 Å². The van der Waals surface area contributed by atoms with Crippen molar-refractivity contribution in [2.75, 3.05) is 0 Å². The average molecular weight is 226 g/mol. The quantitative estimate of drug-likeness (QED) is 0.802. The highest BCUT2D eigenvalue weighted by Gasteiger charge is 2.17. The lowest BCUT2D eigenvalue weighted by Crippen LogP contribution is -1.99. The largest absolute Gasteiger partial charge is 0.381 e. The maximum atomic E-state index is 13.5. The van der Waals surface area contributed by atoms with Gasteiger partial charge in [0.15, 0.2) is 5.83 Å². The third-order valence-electron chi connectivity index (χ3n) is 2.36. The molecule has 0 saturated heterocycles. The molecule has 0 heterocycles. The zero-order valence-electron chi connectivity index (χ0n) is 9.29. The zero-order chi connectivity index (χ0) is 12.0. The molecule has 1 aromatic rings. The molecule has 3 heteroatoms. The number of aliphatic hydroxyl groups excluding tert-OH is 1. The molecule has 1 unspecified atom stereocenters. The van der Waals surface area contributed by atoms with E-state index in [4.69, 9.17) is 0 Å². The number of rotatable bonds is 5. The van der Waals surface area contributed by atoms with Crippen molar-refractivity contribution in [1.82, 2.24) is 0 Å². The monoisotopic (exact) mass is 226 g/mol. The molecule has 0 aliphatic rings. The molecule has 0 saturated carbocycles. The van der Waals surface area contributed by atoms with E-state index in [2.05, 4.69) is 0 Å². The molecule has 1 N–H and O–H groups in total. The molecule has 0 fully saturated rings. The predicted octanol–water partition coefficient (Wildman–Crippen LogP) is 4.06. The van der Waals surface area contributed by atoms with Gasteiger partial charge in [-0.1, -0.05) is 43.7 Å². The van der Waals surface area contributed by atoms with Gasteiger partial charge in [-0.3, -0.25) is 0 Å². The number of aliphatic hydroxyl groups is 1. The minimum absolute atomic E-state index is 0.0478. The van der Waals surface area contributed by atoms with Crippen LogP contribution < -0.4 is 0 Å². The number of allylic oxidation sites excluding steroid dienone is 1. The second kappa shape index (κ2) is 6.38. The molecule has 1 nitrogen and oxygen atoms in total. The van der Waals surface area contributed by atoms with Gasteiger partial charge in [-0.15, -0.1) is 0 Å². The van der Waals surface area contributed by atoms with Gasteiger partial charge in [-0.25, -0.2) is 8.78 Å². The summed E-state index contributed by atoms with van der Waals surface area (Å²) < 4.78 is 26.7. The Bertz CT molecular complexity index is 346. The molecule has 0 bridgehead atoms. The molecule has 1 atom stereocenters. The topological polar surface area (TPSA) is 20.2 Å². The van der Waals surface area contributed by atoms with Crippen molar-refractivity contribution < 1.29 is 13.9 Å². The normalized spacial score (nSPS) is 14.5. The first-order valence-corrected chi connectivity index (χ1v) is 5.43. The van der Waals surface area contributed by atoms with Gasteiger partial charge in [0.05, 0.1) is 0 Å². The van der Waals surface area contributed by atoms with Crippen molar-refractivity contribution in [2.45, 2.75) is 32.3 Å². The smallest absolute Gasteiger partial charge is 0.164 e. The standard InChI is InChI=1S/C13H16F2O/c1-2-3-9-11(14)12(15)13(16)10-7-5-4-6-8-10/h4-8,13,16H,2-3,9H2,1H3/b12-11+. The number of halogens is 2. The summed E-state index contributed by atoms with van der Waals surface area (Å²) in [5.41, 5.74) is 0.367. The van der Waals surface area contributed by atoms with E-state index in [9.17, 15) is 13.9 Å². The first kappa shape index (κ1) is 12.8. The van der Waals surface area contributed by atoms with Crippen LogP contribution in [-0.4, -0.2) is 5.11 Å². The van der Waals surface area contributed by atoms with E-state index in [0.717, 1.165) is 6.42 Å². The van der Waals surface area contributed by atoms with E-state index in [-0.39, 0.29) is 6.42 Å². The summed E-state index contributed by atoms with van der Waals surface area (Å²) in [6, 6.07) is 8.24. The number of benzene rings is 1. The van der Waals surface area contributed by atoms with Crippen LogP contribution in [0.4, 0.5) is 8.78 Å². The molecule has 0 amide bonds. The maximum Gasteiger partial charge on any atom is 0.164 e. The minimum atomic E-state index is -1.49. The van der Waals surface area contributed by atoms with Crippen LogP contribution in [0, 0.1) is 0 Å². The fourth-order valence-electron chi connectivity index (χ4n) is 1.38. The Hall–Kier alpha value is -1.22. The molecular formula is C13H16F2O. The van der Waals surface area contributed by atoms with E-state index in [0.29, 0.717) is 12.0 Å². The van der Waals surface area contributed by atoms with Crippen molar-refractivity contribution in [1.29, 1.82) is 0 Å². The van der Waals surface area contributed by atoms with Gasteiger partial charge in [0.2, 0.25) is 0 Å². The summed E-state index contributed by atoms with van der Waals surface area (Å²) >= 11 is 0. The van der Waals surface area contributed by atoms with E-state index < -0.39 is 17.8 Å². The van der Waals surface area contributed by atoms with Gasteiger partial charge < -0.3 is 5.11 Å². The van der Waals surface area contributed by atoms with Crippen LogP contribution in [0.25, 0.3) is 0 Å².